The number of halogens is 6. The molecule has 10 heteroatoms. The quantitative estimate of drug-likeness (QED) is 0.236. The van der Waals surface area contributed by atoms with E-state index in [0.717, 1.165) is 37.7 Å². The van der Waals surface area contributed by atoms with Crippen LogP contribution < -0.4 is 5.32 Å². The molecule has 4 rings (SSSR count). The lowest BCUT2D eigenvalue weighted by Crippen LogP contribution is -2.42. The van der Waals surface area contributed by atoms with Crippen molar-refractivity contribution in [3.05, 3.63) is 99.3 Å². The molecule has 0 bridgehead atoms. The smallest absolute Gasteiger partial charge is 0.351 e. The van der Waals surface area contributed by atoms with Gasteiger partial charge in [0.2, 0.25) is 5.91 Å². The second kappa shape index (κ2) is 12.4. The van der Waals surface area contributed by atoms with Gasteiger partial charge in [-0.15, -0.1) is 11.3 Å². The molecule has 1 amide bonds. The summed E-state index contributed by atoms with van der Waals surface area (Å²) in [5.74, 6) is -1.03. The highest BCUT2D eigenvalue weighted by molar-refractivity contribution is 7.10. The van der Waals surface area contributed by atoms with Crippen molar-refractivity contribution in [1.29, 1.82) is 0 Å². The zero-order valence-electron chi connectivity index (χ0n) is 22.6. The number of alkyl halides is 6. The van der Waals surface area contributed by atoms with Crippen molar-refractivity contribution in [1.82, 2.24) is 10.2 Å². The van der Waals surface area contributed by atoms with Crippen LogP contribution in [0.3, 0.4) is 0 Å². The van der Waals surface area contributed by atoms with Crippen LogP contribution in [0, 0.1) is 0 Å². The monoisotopic (exact) mass is 594 g/mol. The van der Waals surface area contributed by atoms with Gasteiger partial charge in [0.05, 0.1) is 5.92 Å². The van der Waals surface area contributed by atoms with Gasteiger partial charge in [0, 0.05) is 28.0 Å². The summed E-state index contributed by atoms with van der Waals surface area (Å²) in [5, 5.41) is 4.41. The van der Waals surface area contributed by atoms with Crippen molar-refractivity contribution in [2.45, 2.75) is 49.9 Å². The number of hydrogen-bond acceptors (Lipinski definition) is 3. The predicted octanol–water partition coefficient (Wildman–Crippen LogP) is 7.95. The van der Waals surface area contributed by atoms with E-state index >= 15 is 0 Å². The number of nitrogens with one attached hydrogen (secondary N) is 1. The number of rotatable bonds is 9. The molecule has 1 unspecified atom stereocenters. The van der Waals surface area contributed by atoms with Crippen LogP contribution in [-0.2, 0) is 10.2 Å². The Kier molecular flexibility index (Phi) is 9.33. The molecule has 1 saturated heterocycles. The zero-order chi connectivity index (χ0) is 29.8. The fourth-order valence-electron chi connectivity index (χ4n) is 5.37. The number of allylic oxidation sites excluding steroid dienone is 4. The fraction of sp³-hybridized carbons (Fsp3) is 0.387. The van der Waals surface area contributed by atoms with Gasteiger partial charge in [-0.1, -0.05) is 49.1 Å². The molecule has 0 radical (unpaired) electrons. The van der Waals surface area contributed by atoms with Crippen LogP contribution >= 0.6 is 11.3 Å². The molecular weight excluding hydrogens is 562 g/mol. The average Bonchev–Trinajstić information content (AvgIpc) is 3.57. The van der Waals surface area contributed by atoms with E-state index in [-0.39, 0.29) is 11.0 Å². The van der Waals surface area contributed by atoms with Gasteiger partial charge in [0.1, 0.15) is 0 Å². The Morgan fingerprint density at radius 2 is 1.78 bits per heavy atom. The molecule has 1 aromatic carbocycles. The Labute approximate surface area is 239 Å². The molecule has 3 nitrogen and oxygen atoms in total. The third kappa shape index (κ3) is 7.60. The van der Waals surface area contributed by atoms with Crippen LogP contribution in [0.15, 0.2) is 83.3 Å². The van der Waals surface area contributed by atoms with Crippen molar-refractivity contribution in [2.24, 2.45) is 0 Å². The highest BCUT2D eigenvalue weighted by Gasteiger charge is 2.38. The molecule has 2 aromatic rings. The number of amides is 1. The minimum atomic E-state index is -4.81. The molecule has 1 N–H and O–H groups in total. The number of benzene rings is 1. The Hall–Kier alpha value is -3.11. The fourth-order valence-corrected chi connectivity index (χ4v) is 6.23. The summed E-state index contributed by atoms with van der Waals surface area (Å²) in [7, 11) is 0. The van der Waals surface area contributed by atoms with Crippen molar-refractivity contribution < 1.29 is 31.1 Å². The largest absolute Gasteiger partial charge is 0.415 e. The lowest BCUT2D eigenvalue weighted by Gasteiger charge is -2.39. The Morgan fingerprint density at radius 1 is 1.07 bits per heavy atom. The summed E-state index contributed by atoms with van der Waals surface area (Å²) in [5.41, 5.74) is -0.0873. The third-order valence-corrected chi connectivity index (χ3v) is 8.79. The standard InChI is InChI=1S/C31H32F6N2OS/c1-21(30(32,33)34)18-23(19-22(2)31(35,36)37)20-38-28(40)25(27-8-5-17-41-27)10-14-39-15-12-29(13-16-39)11-9-24-6-3-4-7-26(24)29/h3-9,11,17-19,25H,1,10,12-16,20H2,2H3,(H,38,40)/b22-19+,23-18+. The number of piperidine rings is 1. The van der Waals surface area contributed by atoms with Gasteiger partial charge < -0.3 is 10.2 Å². The first-order chi connectivity index (χ1) is 19.3. The van der Waals surface area contributed by atoms with E-state index in [1.54, 1.807) is 0 Å². The highest BCUT2D eigenvalue weighted by Crippen LogP contribution is 2.43. The average molecular weight is 595 g/mol. The second-order valence-electron chi connectivity index (χ2n) is 10.6. The predicted molar refractivity (Wildman–Crippen MR) is 151 cm³/mol. The third-order valence-electron chi connectivity index (χ3n) is 7.80. The Balaban J connectivity index is 1.41. The SMILES string of the molecule is C=C(/C=C(\C=C(/C)C(F)(F)F)CNC(=O)C(CCN1CCC2(C=Cc3ccccc32)CC1)c1cccs1)C(F)(F)F. The molecule has 0 saturated carbocycles. The van der Waals surface area contributed by atoms with E-state index < -0.39 is 41.9 Å². The Morgan fingerprint density at radius 3 is 2.41 bits per heavy atom. The highest BCUT2D eigenvalue weighted by atomic mass is 32.1. The normalized spacial score (nSPS) is 18.4. The maximum Gasteiger partial charge on any atom is 0.415 e. The number of carbonyl (C=O) groups excluding carboxylic acids is 1. The zero-order valence-corrected chi connectivity index (χ0v) is 23.4. The summed E-state index contributed by atoms with van der Waals surface area (Å²) in [6, 6.07) is 12.0. The van der Waals surface area contributed by atoms with Crippen molar-refractivity contribution >= 4 is 23.3 Å². The summed E-state index contributed by atoms with van der Waals surface area (Å²) in [4.78, 5) is 16.4. The van der Waals surface area contributed by atoms with Crippen LogP contribution in [0.2, 0.25) is 0 Å². The molecule has 1 aliphatic heterocycles. The van der Waals surface area contributed by atoms with Gasteiger partial charge in [-0.2, -0.15) is 26.3 Å². The van der Waals surface area contributed by atoms with Gasteiger partial charge in [-0.3, -0.25) is 4.79 Å². The molecule has 41 heavy (non-hydrogen) atoms. The van der Waals surface area contributed by atoms with Crippen molar-refractivity contribution in [3.63, 3.8) is 0 Å². The molecule has 2 aliphatic rings. The minimum absolute atomic E-state index is 0.0306. The van der Waals surface area contributed by atoms with E-state index in [9.17, 15) is 31.1 Å². The molecule has 1 atom stereocenters. The van der Waals surface area contributed by atoms with E-state index in [4.69, 9.17) is 0 Å². The summed E-state index contributed by atoms with van der Waals surface area (Å²) in [6.45, 7) is 5.54. The maximum atomic E-state index is 13.3. The topological polar surface area (TPSA) is 32.3 Å². The van der Waals surface area contributed by atoms with Crippen molar-refractivity contribution in [2.75, 3.05) is 26.2 Å². The number of likely N-dealkylation sites (tertiary alicyclic amines) is 1. The van der Waals surface area contributed by atoms with Crippen molar-refractivity contribution in [3.8, 4) is 0 Å². The van der Waals surface area contributed by atoms with E-state index in [1.807, 2.05) is 23.6 Å². The van der Waals surface area contributed by atoms with Crippen LogP contribution in [0.4, 0.5) is 26.3 Å². The van der Waals surface area contributed by atoms with Gasteiger partial charge in [0.25, 0.3) is 0 Å². The van der Waals surface area contributed by atoms with Crippen LogP contribution in [-0.4, -0.2) is 49.3 Å². The molecule has 1 spiro atoms. The van der Waals surface area contributed by atoms with Gasteiger partial charge >= 0.3 is 12.4 Å². The summed E-state index contributed by atoms with van der Waals surface area (Å²) < 4.78 is 78.5. The first kappa shape index (κ1) is 30.8. The van der Waals surface area contributed by atoms with Gasteiger partial charge in [-0.25, -0.2) is 0 Å². The molecular formula is C31H32F6N2OS. The van der Waals surface area contributed by atoms with Crippen LogP contribution in [0.5, 0.6) is 0 Å². The molecule has 2 heterocycles. The second-order valence-corrected chi connectivity index (χ2v) is 11.5. The molecule has 1 fully saturated rings. The molecule has 220 valence electrons. The minimum Gasteiger partial charge on any atom is -0.351 e. The summed E-state index contributed by atoms with van der Waals surface area (Å²) >= 11 is 1.39. The number of fused-ring (bicyclic) bond motifs is 2. The maximum absolute atomic E-state index is 13.3. The summed E-state index contributed by atoms with van der Waals surface area (Å²) in [6.07, 6.45) is -1.52. The lowest BCUT2D eigenvalue weighted by molar-refractivity contribution is -0.122. The first-order valence-electron chi connectivity index (χ1n) is 13.3. The number of nitrogens with zero attached hydrogens (tertiary/aromatic N) is 1. The van der Waals surface area contributed by atoms with Gasteiger partial charge in [0.15, 0.2) is 0 Å². The Bertz CT molecular complexity index is 1330. The van der Waals surface area contributed by atoms with Crippen LogP contribution in [0.1, 0.15) is 48.1 Å². The van der Waals surface area contributed by atoms with Gasteiger partial charge in [-0.05, 0) is 86.1 Å². The lowest BCUT2D eigenvalue weighted by atomic mass is 9.74. The van der Waals surface area contributed by atoms with E-state index in [1.165, 1.54) is 22.5 Å². The van der Waals surface area contributed by atoms with E-state index in [0.29, 0.717) is 25.1 Å². The molecule has 1 aromatic heterocycles. The molecule has 1 aliphatic carbocycles. The number of carbonyl (C=O) groups is 1. The van der Waals surface area contributed by atoms with E-state index in [2.05, 4.69) is 47.1 Å². The first-order valence-corrected chi connectivity index (χ1v) is 14.2. The van der Waals surface area contributed by atoms with Crippen LogP contribution in [0.25, 0.3) is 6.08 Å². The number of thiophene rings is 1. The number of hydrogen-bond donors (Lipinski definition) is 1.